The number of carbonyl (C=O) groups is 1. The van der Waals surface area contributed by atoms with Gasteiger partial charge in [-0.05, 0) is 30.2 Å². The second-order valence-corrected chi connectivity index (χ2v) is 6.60. The Morgan fingerprint density at radius 3 is 2.76 bits per heavy atom. The molecule has 0 saturated carbocycles. The van der Waals surface area contributed by atoms with Gasteiger partial charge in [-0.1, -0.05) is 48.0 Å². The van der Waals surface area contributed by atoms with Crippen LogP contribution >= 0.6 is 11.6 Å². The first-order chi connectivity index (χ1) is 12.2. The minimum atomic E-state index is -0.395. The number of esters is 1. The van der Waals surface area contributed by atoms with E-state index in [2.05, 4.69) is 22.4 Å². The van der Waals surface area contributed by atoms with E-state index in [0.717, 1.165) is 27.7 Å². The molecule has 0 amide bonds. The van der Waals surface area contributed by atoms with Gasteiger partial charge in [-0.25, -0.2) is 0 Å². The Kier molecular flexibility index (Phi) is 4.24. The summed E-state index contributed by atoms with van der Waals surface area (Å²) >= 11 is 6.44. The molecular weight excluding hydrogens is 336 g/mol. The number of aromatic amines is 1. The number of hydrogen-bond donors (Lipinski definition) is 2. The second-order valence-electron chi connectivity index (χ2n) is 6.19. The van der Waals surface area contributed by atoms with Crippen molar-refractivity contribution >= 4 is 28.5 Å². The van der Waals surface area contributed by atoms with Gasteiger partial charge in [-0.15, -0.1) is 0 Å². The third-order valence-electron chi connectivity index (χ3n) is 4.70. The Balaban J connectivity index is 1.86. The van der Waals surface area contributed by atoms with Crippen molar-refractivity contribution in [1.29, 1.82) is 0 Å². The van der Waals surface area contributed by atoms with Crippen molar-refractivity contribution in [3.63, 3.8) is 0 Å². The molecular formula is C20H19ClN2O2. The van der Waals surface area contributed by atoms with Crippen LogP contribution in [0, 0.1) is 0 Å². The van der Waals surface area contributed by atoms with Gasteiger partial charge in [0, 0.05) is 28.0 Å². The quantitative estimate of drug-likeness (QED) is 0.699. The SMILES string of the molecule is CCOC(=O)C1Cc2c([nH]c3ccccc23)C(c2ccccc2Cl)N1. The summed E-state index contributed by atoms with van der Waals surface area (Å²) in [6.07, 6.45) is 0.596. The average molecular weight is 355 g/mol. The van der Waals surface area contributed by atoms with Gasteiger partial charge in [0.05, 0.1) is 12.6 Å². The fourth-order valence-corrected chi connectivity index (χ4v) is 3.83. The summed E-state index contributed by atoms with van der Waals surface area (Å²) in [5.41, 5.74) is 4.23. The molecule has 0 fully saturated rings. The highest BCUT2D eigenvalue weighted by atomic mass is 35.5. The number of hydrogen-bond acceptors (Lipinski definition) is 3. The molecule has 0 radical (unpaired) electrons. The largest absolute Gasteiger partial charge is 0.465 e. The molecule has 128 valence electrons. The molecule has 0 spiro atoms. The van der Waals surface area contributed by atoms with E-state index in [1.807, 2.05) is 43.3 Å². The molecule has 25 heavy (non-hydrogen) atoms. The molecule has 4 nitrogen and oxygen atoms in total. The molecule has 2 N–H and O–H groups in total. The van der Waals surface area contributed by atoms with Crippen molar-refractivity contribution in [2.45, 2.75) is 25.4 Å². The van der Waals surface area contributed by atoms with Crippen LogP contribution in [0.5, 0.6) is 0 Å². The van der Waals surface area contributed by atoms with E-state index >= 15 is 0 Å². The van der Waals surface area contributed by atoms with Crippen LogP contribution in [0.2, 0.25) is 5.02 Å². The number of ether oxygens (including phenoxy) is 1. The van der Waals surface area contributed by atoms with Gasteiger partial charge >= 0.3 is 5.97 Å². The van der Waals surface area contributed by atoms with Gasteiger partial charge in [0.15, 0.2) is 0 Å². The Hall–Kier alpha value is -2.30. The average Bonchev–Trinajstić information content (AvgIpc) is 3.00. The highest BCUT2D eigenvalue weighted by Gasteiger charge is 2.35. The number of fused-ring (bicyclic) bond motifs is 3. The van der Waals surface area contributed by atoms with Crippen LogP contribution in [-0.4, -0.2) is 23.6 Å². The van der Waals surface area contributed by atoms with Crippen LogP contribution in [0.1, 0.15) is 29.8 Å². The van der Waals surface area contributed by atoms with E-state index in [1.165, 1.54) is 0 Å². The monoisotopic (exact) mass is 354 g/mol. The van der Waals surface area contributed by atoms with Crippen molar-refractivity contribution in [2.24, 2.45) is 0 Å². The van der Waals surface area contributed by atoms with Crippen LogP contribution in [0.3, 0.4) is 0 Å². The van der Waals surface area contributed by atoms with Gasteiger partial charge in [-0.2, -0.15) is 0 Å². The number of benzene rings is 2. The Bertz CT molecular complexity index is 934. The Labute approximate surface area is 151 Å². The predicted molar refractivity (Wildman–Crippen MR) is 98.9 cm³/mol. The van der Waals surface area contributed by atoms with Crippen LogP contribution < -0.4 is 5.32 Å². The first kappa shape index (κ1) is 16.2. The zero-order chi connectivity index (χ0) is 17.4. The molecule has 3 aromatic rings. The standard InChI is InChI=1S/C20H19ClN2O2/c1-2-25-20(24)17-11-14-12-7-4-6-10-16(12)22-19(14)18(23-17)13-8-3-5-9-15(13)21/h3-10,17-18,22-23H,2,11H2,1H3. The summed E-state index contributed by atoms with van der Waals surface area (Å²) in [7, 11) is 0. The summed E-state index contributed by atoms with van der Waals surface area (Å²) in [6, 6.07) is 15.3. The summed E-state index contributed by atoms with van der Waals surface area (Å²) in [5.74, 6) is -0.226. The minimum absolute atomic E-state index is 0.181. The lowest BCUT2D eigenvalue weighted by atomic mass is 9.90. The van der Waals surface area contributed by atoms with E-state index in [1.54, 1.807) is 0 Å². The van der Waals surface area contributed by atoms with Crippen LogP contribution in [0.4, 0.5) is 0 Å². The molecule has 0 saturated heterocycles. The molecule has 5 heteroatoms. The topological polar surface area (TPSA) is 54.1 Å². The van der Waals surface area contributed by atoms with Crippen molar-refractivity contribution in [3.8, 4) is 0 Å². The van der Waals surface area contributed by atoms with E-state index in [4.69, 9.17) is 16.3 Å². The lowest BCUT2D eigenvalue weighted by molar-refractivity contribution is -0.146. The molecule has 0 bridgehead atoms. The third-order valence-corrected chi connectivity index (χ3v) is 5.04. The Morgan fingerprint density at radius 1 is 1.20 bits per heavy atom. The van der Waals surface area contributed by atoms with Crippen molar-refractivity contribution in [3.05, 3.63) is 70.4 Å². The van der Waals surface area contributed by atoms with Gasteiger partial charge < -0.3 is 9.72 Å². The summed E-state index contributed by atoms with van der Waals surface area (Å²) in [4.78, 5) is 15.9. The number of halogens is 1. The molecule has 0 aliphatic carbocycles. The van der Waals surface area contributed by atoms with E-state index in [9.17, 15) is 4.79 Å². The molecule has 2 heterocycles. The maximum atomic E-state index is 12.4. The van der Waals surface area contributed by atoms with Gasteiger partial charge in [0.2, 0.25) is 0 Å². The molecule has 2 unspecified atom stereocenters. The van der Waals surface area contributed by atoms with Crippen LogP contribution in [0.15, 0.2) is 48.5 Å². The van der Waals surface area contributed by atoms with Gasteiger partial charge in [0.25, 0.3) is 0 Å². The Morgan fingerprint density at radius 2 is 1.96 bits per heavy atom. The van der Waals surface area contributed by atoms with Crippen molar-refractivity contribution < 1.29 is 9.53 Å². The first-order valence-electron chi connectivity index (χ1n) is 8.45. The highest BCUT2D eigenvalue weighted by molar-refractivity contribution is 6.31. The second kappa shape index (κ2) is 6.54. The molecule has 2 atom stereocenters. The zero-order valence-electron chi connectivity index (χ0n) is 13.9. The molecule has 2 aromatic carbocycles. The molecule has 1 aromatic heterocycles. The first-order valence-corrected chi connectivity index (χ1v) is 8.83. The van der Waals surface area contributed by atoms with Crippen molar-refractivity contribution in [1.82, 2.24) is 10.3 Å². The molecule has 4 rings (SSSR count). The fraction of sp³-hybridized carbons (Fsp3) is 0.250. The van der Waals surface area contributed by atoms with E-state index < -0.39 is 6.04 Å². The van der Waals surface area contributed by atoms with E-state index in [0.29, 0.717) is 18.1 Å². The summed E-state index contributed by atoms with van der Waals surface area (Å²) in [5, 5.41) is 5.24. The smallest absolute Gasteiger partial charge is 0.323 e. The number of rotatable bonds is 3. The third kappa shape index (κ3) is 2.81. The number of aromatic nitrogens is 1. The number of para-hydroxylation sites is 1. The summed E-state index contributed by atoms with van der Waals surface area (Å²) in [6.45, 7) is 2.19. The van der Waals surface area contributed by atoms with Gasteiger partial charge in [-0.3, -0.25) is 10.1 Å². The highest BCUT2D eigenvalue weighted by Crippen LogP contribution is 2.37. The zero-order valence-corrected chi connectivity index (χ0v) is 14.6. The maximum absolute atomic E-state index is 12.4. The van der Waals surface area contributed by atoms with Gasteiger partial charge in [0.1, 0.15) is 6.04 Å². The lowest BCUT2D eigenvalue weighted by Gasteiger charge is -2.31. The van der Waals surface area contributed by atoms with Crippen molar-refractivity contribution in [2.75, 3.05) is 6.61 Å². The van der Waals surface area contributed by atoms with E-state index in [-0.39, 0.29) is 12.0 Å². The van der Waals surface area contributed by atoms with Crippen LogP contribution in [0.25, 0.3) is 10.9 Å². The maximum Gasteiger partial charge on any atom is 0.323 e. The fourth-order valence-electron chi connectivity index (χ4n) is 3.58. The lowest BCUT2D eigenvalue weighted by Crippen LogP contribution is -2.45. The summed E-state index contributed by atoms with van der Waals surface area (Å²) < 4.78 is 5.25. The number of carbonyl (C=O) groups excluding carboxylic acids is 1. The molecule has 1 aliphatic rings. The normalized spacial score (nSPS) is 19.6. The minimum Gasteiger partial charge on any atom is -0.465 e. The van der Waals surface area contributed by atoms with Crippen LogP contribution in [-0.2, 0) is 16.0 Å². The number of nitrogens with one attached hydrogen (secondary N) is 2. The molecule has 1 aliphatic heterocycles. The predicted octanol–water partition coefficient (Wildman–Crippen LogP) is 3.99. The number of H-pyrrole nitrogens is 1.